The van der Waals surface area contributed by atoms with E-state index in [1.54, 1.807) is 0 Å². The summed E-state index contributed by atoms with van der Waals surface area (Å²) in [6.07, 6.45) is 9.98. The van der Waals surface area contributed by atoms with Gasteiger partial charge in [0, 0.05) is 38.5 Å². The van der Waals surface area contributed by atoms with Gasteiger partial charge in [-0.05, 0) is 57.8 Å². The second-order valence-electron chi connectivity index (χ2n) is 7.72. The first-order valence-electron chi connectivity index (χ1n) is 10.5. The van der Waals surface area contributed by atoms with Crippen molar-refractivity contribution < 1.29 is 28.7 Å². The largest absolute Gasteiger partial charge is 0.462 e. The molecule has 6 nitrogen and oxygen atoms in total. The van der Waals surface area contributed by atoms with Crippen LogP contribution in [-0.4, -0.2) is 35.7 Å². The van der Waals surface area contributed by atoms with E-state index in [4.69, 9.17) is 9.47 Å². The number of ketones is 2. The molecule has 0 spiro atoms. The molecule has 2 aliphatic heterocycles. The van der Waals surface area contributed by atoms with Crippen LogP contribution in [0.3, 0.4) is 0 Å². The highest BCUT2D eigenvalue weighted by atomic mass is 16.5. The summed E-state index contributed by atoms with van der Waals surface area (Å²) >= 11 is 0. The normalized spacial score (nSPS) is 22.8. The van der Waals surface area contributed by atoms with Gasteiger partial charge in [-0.2, -0.15) is 0 Å². The molecule has 0 aromatic heterocycles. The second-order valence-corrected chi connectivity index (χ2v) is 7.72. The number of Topliss-reactive ketones (excluding diaryl/α,β-unsaturated/α-hetero) is 2. The zero-order valence-electron chi connectivity index (χ0n) is 16.2. The maximum Gasteiger partial charge on any atom is 0.306 e. The number of rotatable bonds is 12. The lowest BCUT2D eigenvalue weighted by molar-refractivity contribution is -0.155. The summed E-state index contributed by atoms with van der Waals surface area (Å²) in [5.74, 6) is 0.105. The van der Waals surface area contributed by atoms with E-state index in [2.05, 4.69) is 0 Å². The van der Waals surface area contributed by atoms with Crippen molar-refractivity contribution in [3.05, 3.63) is 0 Å². The van der Waals surface area contributed by atoms with Gasteiger partial charge in [0.05, 0.1) is 0 Å². The summed E-state index contributed by atoms with van der Waals surface area (Å²) in [4.78, 5) is 46.3. The molecule has 2 atom stereocenters. The van der Waals surface area contributed by atoms with Gasteiger partial charge >= 0.3 is 11.9 Å². The van der Waals surface area contributed by atoms with Crippen LogP contribution >= 0.6 is 0 Å². The molecule has 2 fully saturated rings. The Morgan fingerprint density at radius 3 is 1.52 bits per heavy atom. The van der Waals surface area contributed by atoms with E-state index in [9.17, 15) is 19.2 Å². The molecule has 2 aliphatic rings. The Balaban J connectivity index is 1.45. The van der Waals surface area contributed by atoms with E-state index in [1.165, 1.54) is 0 Å². The van der Waals surface area contributed by atoms with E-state index in [1.807, 2.05) is 0 Å². The highest BCUT2D eigenvalue weighted by Crippen LogP contribution is 2.20. The lowest BCUT2D eigenvalue weighted by atomic mass is 9.99. The second kappa shape index (κ2) is 11.9. The number of cyclic esters (lactones) is 2. The van der Waals surface area contributed by atoms with Crippen molar-refractivity contribution in [3.63, 3.8) is 0 Å². The van der Waals surface area contributed by atoms with Crippen molar-refractivity contribution >= 4 is 23.5 Å². The summed E-state index contributed by atoms with van der Waals surface area (Å²) in [5.41, 5.74) is 0. The van der Waals surface area contributed by atoms with Crippen LogP contribution in [0, 0.1) is 0 Å². The predicted octanol–water partition coefficient (Wildman–Crippen LogP) is 3.83. The predicted molar refractivity (Wildman–Crippen MR) is 99.0 cm³/mol. The SMILES string of the molecule is O=C(CCCC(=O)CCCC1CCCC(=O)O1)CCCC1CCCC(=O)O1. The maximum atomic E-state index is 11.9. The van der Waals surface area contributed by atoms with Gasteiger partial charge in [0.15, 0.2) is 0 Å². The summed E-state index contributed by atoms with van der Waals surface area (Å²) in [6.45, 7) is 0. The van der Waals surface area contributed by atoms with Gasteiger partial charge in [0.1, 0.15) is 23.8 Å². The smallest absolute Gasteiger partial charge is 0.306 e. The Kier molecular flexibility index (Phi) is 9.50. The van der Waals surface area contributed by atoms with E-state index in [-0.39, 0.29) is 35.7 Å². The molecule has 0 aliphatic carbocycles. The molecule has 2 unspecified atom stereocenters. The summed E-state index contributed by atoms with van der Waals surface area (Å²) in [5, 5.41) is 0. The molecule has 27 heavy (non-hydrogen) atoms. The molecule has 0 amide bonds. The van der Waals surface area contributed by atoms with Gasteiger partial charge in [-0.3, -0.25) is 19.2 Å². The van der Waals surface area contributed by atoms with E-state index in [0.717, 1.165) is 51.4 Å². The molecule has 6 heteroatoms. The van der Waals surface area contributed by atoms with Gasteiger partial charge < -0.3 is 9.47 Å². The number of esters is 2. The number of hydrogen-bond acceptors (Lipinski definition) is 6. The third-order valence-electron chi connectivity index (χ3n) is 5.28. The Bertz CT molecular complexity index is 481. The first-order chi connectivity index (χ1) is 13.0. The molecule has 0 bridgehead atoms. The molecule has 2 saturated heterocycles. The van der Waals surface area contributed by atoms with Crippen molar-refractivity contribution in [3.8, 4) is 0 Å². The third-order valence-corrected chi connectivity index (χ3v) is 5.28. The highest BCUT2D eigenvalue weighted by molar-refractivity contribution is 5.81. The minimum absolute atomic E-state index is 0.0240. The van der Waals surface area contributed by atoms with Crippen LogP contribution in [0.1, 0.15) is 96.3 Å². The van der Waals surface area contributed by atoms with Crippen molar-refractivity contribution in [2.24, 2.45) is 0 Å². The lowest BCUT2D eigenvalue weighted by Crippen LogP contribution is -2.23. The van der Waals surface area contributed by atoms with Crippen LogP contribution < -0.4 is 0 Å². The van der Waals surface area contributed by atoms with Crippen LogP contribution in [0.25, 0.3) is 0 Å². The first-order valence-corrected chi connectivity index (χ1v) is 10.5. The summed E-state index contributed by atoms with van der Waals surface area (Å²) in [6, 6.07) is 0. The fraction of sp³-hybridized carbons (Fsp3) is 0.810. The van der Waals surface area contributed by atoms with Gasteiger partial charge in [-0.25, -0.2) is 0 Å². The average Bonchev–Trinajstić information content (AvgIpc) is 2.62. The third kappa shape index (κ3) is 9.16. The first kappa shape index (κ1) is 21.6. The maximum absolute atomic E-state index is 11.9. The molecule has 2 rings (SSSR count). The highest BCUT2D eigenvalue weighted by Gasteiger charge is 2.21. The standard InChI is InChI=1S/C21H32O6/c22-16(8-2-10-18-12-4-14-20(24)26-18)6-1-7-17(23)9-3-11-19-13-5-15-21(25)27-19/h18-19H,1-15H2. The number of carbonyl (C=O) groups is 4. The van der Waals surface area contributed by atoms with Gasteiger partial charge in [0.2, 0.25) is 0 Å². The number of hydrogen-bond donors (Lipinski definition) is 0. The van der Waals surface area contributed by atoms with Crippen LogP contribution in [0.15, 0.2) is 0 Å². The van der Waals surface area contributed by atoms with Crippen LogP contribution in [0.5, 0.6) is 0 Å². The zero-order chi connectivity index (χ0) is 19.5. The average molecular weight is 380 g/mol. The molecule has 152 valence electrons. The lowest BCUT2D eigenvalue weighted by Gasteiger charge is -2.21. The molecular weight excluding hydrogens is 348 g/mol. The Hall–Kier alpha value is -1.72. The van der Waals surface area contributed by atoms with E-state index >= 15 is 0 Å². The monoisotopic (exact) mass is 380 g/mol. The van der Waals surface area contributed by atoms with E-state index in [0.29, 0.717) is 44.9 Å². The Labute approximate surface area is 161 Å². The summed E-state index contributed by atoms with van der Waals surface area (Å²) in [7, 11) is 0. The van der Waals surface area contributed by atoms with Gasteiger partial charge in [-0.15, -0.1) is 0 Å². The molecule has 0 N–H and O–H groups in total. The summed E-state index contributed by atoms with van der Waals surface area (Å²) < 4.78 is 10.5. The van der Waals surface area contributed by atoms with Crippen LogP contribution in [0.2, 0.25) is 0 Å². The van der Waals surface area contributed by atoms with Gasteiger partial charge in [0.25, 0.3) is 0 Å². The van der Waals surface area contributed by atoms with Crippen molar-refractivity contribution in [1.82, 2.24) is 0 Å². The fourth-order valence-electron chi connectivity index (χ4n) is 3.75. The molecule has 2 heterocycles. The Morgan fingerprint density at radius 2 is 1.11 bits per heavy atom. The minimum atomic E-state index is -0.127. The fourth-order valence-corrected chi connectivity index (χ4v) is 3.75. The molecule has 0 radical (unpaired) electrons. The molecular formula is C21H32O6. The van der Waals surface area contributed by atoms with Crippen LogP contribution in [0.4, 0.5) is 0 Å². The van der Waals surface area contributed by atoms with Gasteiger partial charge in [-0.1, -0.05) is 0 Å². The van der Waals surface area contributed by atoms with E-state index < -0.39 is 0 Å². The molecule has 0 aromatic carbocycles. The number of carbonyl (C=O) groups excluding carboxylic acids is 4. The number of ether oxygens (including phenoxy) is 2. The van der Waals surface area contributed by atoms with Crippen molar-refractivity contribution in [2.45, 2.75) is 109 Å². The quantitative estimate of drug-likeness (QED) is 0.478. The van der Waals surface area contributed by atoms with Crippen LogP contribution in [-0.2, 0) is 28.7 Å². The minimum Gasteiger partial charge on any atom is -0.462 e. The zero-order valence-corrected chi connectivity index (χ0v) is 16.2. The van der Waals surface area contributed by atoms with Crippen molar-refractivity contribution in [1.29, 1.82) is 0 Å². The topological polar surface area (TPSA) is 86.7 Å². The van der Waals surface area contributed by atoms with Crippen molar-refractivity contribution in [2.75, 3.05) is 0 Å². The molecule has 0 saturated carbocycles. The Morgan fingerprint density at radius 1 is 0.704 bits per heavy atom. The molecule has 0 aromatic rings.